The van der Waals surface area contributed by atoms with E-state index in [1.807, 2.05) is 35.4 Å². The van der Waals surface area contributed by atoms with Crippen LogP contribution in [0.5, 0.6) is 0 Å². The van der Waals surface area contributed by atoms with Crippen LogP contribution in [0.1, 0.15) is 13.3 Å². The van der Waals surface area contributed by atoms with Crippen LogP contribution < -0.4 is 5.73 Å². The maximum Gasteiger partial charge on any atom is 0.244 e. The highest BCUT2D eigenvalue weighted by Crippen LogP contribution is 2.28. The number of hydrogen-bond acceptors (Lipinski definition) is 3. The summed E-state index contributed by atoms with van der Waals surface area (Å²) in [5.41, 5.74) is 6.78. The molecule has 0 radical (unpaired) electrons. The lowest BCUT2D eigenvalue weighted by molar-refractivity contribution is -0.131. The summed E-state index contributed by atoms with van der Waals surface area (Å²) in [7, 11) is 0. The van der Waals surface area contributed by atoms with Gasteiger partial charge in [-0.2, -0.15) is 5.10 Å². The average molecular weight is 309 g/mol. The molecule has 1 fully saturated rings. The number of amides is 1. The maximum atomic E-state index is 12.3. The van der Waals surface area contributed by atoms with Crippen molar-refractivity contribution in [2.75, 3.05) is 19.6 Å². The molecule has 0 aliphatic carbocycles. The number of fused-ring (bicyclic) bond motifs is 1. The topological polar surface area (TPSA) is 64.2 Å². The SMILES string of the molecule is CC1(CN)CCN(C(=O)Cn2cc3ccccc3n2)C1.Cl. The third-order valence-electron chi connectivity index (χ3n) is 4.16. The summed E-state index contributed by atoms with van der Waals surface area (Å²) >= 11 is 0. The Bertz CT molecular complexity index is 608. The Kier molecular flexibility index (Phi) is 4.54. The first kappa shape index (κ1) is 15.8. The van der Waals surface area contributed by atoms with Crippen LogP contribution in [0.15, 0.2) is 30.5 Å². The van der Waals surface area contributed by atoms with Crippen LogP contribution in [0.2, 0.25) is 0 Å². The lowest BCUT2D eigenvalue weighted by Crippen LogP contribution is -2.36. The average Bonchev–Trinajstić information content (AvgIpc) is 3.02. The van der Waals surface area contributed by atoms with Crippen LogP contribution in [0, 0.1) is 5.41 Å². The number of halogens is 1. The van der Waals surface area contributed by atoms with Crippen molar-refractivity contribution in [3.8, 4) is 0 Å². The number of likely N-dealkylation sites (tertiary alicyclic amines) is 1. The van der Waals surface area contributed by atoms with Crippen molar-refractivity contribution in [1.29, 1.82) is 0 Å². The smallest absolute Gasteiger partial charge is 0.244 e. The van der Waals surface area contributed by atoms with Gasteiger partial charge in [0.05, 0.1) is 5.52 Å². The molecule has 5 nitrogen and oxygen atoms in total. The quantitative estimate of drug-likeness (QED) is 0.938. The van der Waals surface area contributed by atoms with Crippen molar-refractivity contribution in [2.45, 2.75) is 19.9 Å². The molecule has 0 saturated carbocycles. The highest BCUT2D eigenvalue weighted by Gasteiger charge is 2.34. The van der Waals surface area contributed by atoms with E-state index in [9.17, 15) is 4.79 Å². The van der Waals surface area contributed by atoms with Gasteiger partial charge in [0.15, 0.2) is 0 Å². The fraction of sp³-hybridized carbons (Fsp3) is 0.467. The van der Waals surface area contributed by atoms with Gasteiger partial charge in [-0.05, 0) is 24.4 Å². The van der Waals surface area contributed by atoms with E-state index >= 15 is 0 Å². The second-order valence-electron chi connectivity index (χ2n) is 5.97. The summed E-state index contributed by atoms with van der Waals surface area (Å²) < 4.78 is 1.73. The van der Waals surface area contributed by atoms with Crippen LogP contribution in [0.25, 0.3) is 10.9 Å². The van der Waals surface area contributed by atoms with Crippen LogP contribution in [0.3, 0.4) is 0 Å². The molecule has 6 heteroatoms. The molecule has 1 unspecified atom stereocenters. The Morgan fingerprint density at radius 1 is 1.43 bits per heavy atom. The van der Waals surface area contributed by atoms with Crippen molar-refractivity contribution in [2.24, 2.45) is 11.1 Å². The molecule has 1 amide bonds. The summed E-state index contributed by atoms with van der Waals surface area (Å²) in [6.45, 7) is 4.62. The van der Waals surface area contributed by atoms with Gasteiger partial charge < -0.3 is 10.6 Å². The molecule has 21 heavy (non-hydrogen) atoms. The molecule has 2 N–H and O–H groups in total. The third-order valence-corrected chi connectivity index (χ3v) is 4.16. The maximum absolute atomic E-state index is 12.3. The summed E-state index contributed by atoms with van der Waals surface area (Å²) in [5.74, 6) is 0.120. The van der Waals surface area contributed by atoms with E-state index in [-0.39, 0.29) is 23.7 Å². The number of nitrogens with two attached hydrogens (primary N) is 1. The monoisotopic (exact) mass is 308 g/mol. The Morgan fingerprint density at radius 2 is 2.19 bits per heavy atom. The second-order valence-corrected chi connectivity index (χ2v) is 5.97. The van der Waals surface area contributed by atoms with E-state index in [2.05, 4.69) is 12.0 Å². The minimum absolute atomic E-state index is 0. The normalized spacial score (nSPS) is 21.5. The van der Waals surface area contributed by atoms with Gasteiger partial charge in [-0.3, -0.25) is 9.48 Å². The zero-order valence-corrected chi connectivity index (χ0v) is 13.0. The zero-order valence-electron chi connectivity index (χ0n) is 12.2. The van der Waals surface area contributed by atoms with Crippen LogP contribution in [-0.4, -0.2) is 40.2 Å². The molecular formula is C15H21ClN4O. The summed E-state index contributed by atoms with van der Waals surface area (Å²) in [5, 5.41) is 5.49. The third kappa shape index (κ3) is 3.19. The van der Waals surface area contributed by atoms with Crippen molar-refractivity contribution >= 4 is 29.2 Å². The van der Waals surface area contributed by atoms with Gasteiger partial charge >= 0.3 is 0 Å². The number of nitrogens with zero attached hydrogens (tertiary/aromatic N) is 3. The minimum Gasteiger partial charge on any atom is -0.340 e. The lowest BCUT2D eigenvalue weighted by Gasteiger charge is -2.22. The zero-order chi connectivity index (χ0) is 14.2. The summed E-state index contributed by atoms with van der Waals surface area (Å²) in [6, 6.07) is 7.89. The molecule has 114 valence electrons. The first-order valence-corrected chi connectivity index (χ1v) is 7.00. The molecule has 2 heterocycles. The second kappa shape index (κ2) is 6.03. The van der Waals surface area contributed by atoms with E-state index < -0.39 is 0 Å². The molecule has 1 aliphatic heterocycles. The largest absolute Gasteiger partial charge is 0.340 e. The van der Waals surface area contributed by atoms with Gasteiger partial charge in [-0.25, -0.2) is 0 Å². The lowest BCUT2D eigenvalue weighted by atomic mass is 9.90. The molecule has 3 rings (SSSR count). The van der Waals surface area contributed by atoms with Crippen molar-refractivity contribution in [3.63, 3.8) is 0 Å². The molecule has 1 aliphatic rings. The predicted octanol–water partition coefficient (Wildman–Crippen LogP) is 1.66. The van der Waals surface area contributed by atoms with E-state index in [0.717, 1.165) is 30.4 Å². The van der Waals surface area contributed by atoms with Gasteiger partial charge in [0.1, 0.15) is 6.54 Å². The molecule has 2 aromatic rings. The fourth-order valence-corrected chi connectivity index (χ4v) is 2.74. The first-order valence-electron chi connectivity index (χ1n) is 7.00. The Balaban J connectivity index is 0.00000161. The first-order chi connectivity index (χ1) is 9.59. The number of rotatable bonds is 3. The van der Waals surface area contributed by atoms with Crippen LogP contribution in [-0.2, 0) is 11.3 Å². The molecule has 0 bridgehead atoms. The molecule has 0 spiro atoms. The van der Waals surface area contributed by atoms with Crippen LogP contribution in [0.4, 0.5) is 0 Å². The van der Waals surface area contributed by atoms with Gasteiger partial charge in [0.2, 0.25) is 5.91 Å². The van der Waals surface area contributed by atoms with Gasteiger partial charge in [0, 0.05) is 24.7 Å². The molecule has 1 aromatic carbocycles. The van der Waals surface area contributed by atoms with Gasteiger partial charge in [0.25, 0.3) is 0 Å². The number of benzene rings is 1. The Labute approximate surface area is 130 Å². The van der Waals surface area contributed by atoms with E-state index in [1.54, 1.807) is 4.68 Å². The Hall–Kier alpha value is -1.59. The predicted molar refractivity (Wildman–Crippen MR) is 85.3 cm³/mol. The van der Waals surface area contributed by atoms with E-state index in [0.29, 0.717) is 13.1 Å². The summed E-state index contributed by atoms with van der Waals surface area (Å²) in [6.07, 6.45) is 2.90. The number of hydrogen-bond donors (Lipinski definition) is 1. The van der Waals surface area contributed by atoms with E-state index in [1.165, 1.54) is 0 Å². The van der Waals surface area contributed by atoms with Crippen molar-refractivity contribution < 1.29 is 4.79 Å². The fourth-order valence-electron chi connectivity index (χ4n) is 2.74. The van der Waals surface area contributed by atoms with Crippen LogP contribution >= 0.6 is 12.4 Å². The summed E-state index contributed by atoms with van der Waals surface area (Å²) in [4.78, 5) is 14.2. The Morgan fingerprint density at radius 3 is 2.86 bits per heavy atom. The minimum atomic E-state index is 0. The highest BCUT2D eigenvalue weighted by molar-refractivity contribution is 5.85. The van der Waals surface area contributed by atoms with Gasteiger partial charge in [-0.15, -0.1) is 12.4 Å². The number of carbonyl (C=O) groups excluding carboxylic acids is 1. The number of carbonyl (C=O) groups is 1. The molecular weight excluding hydrogens is 288 g/mol. The van der Waals surface area contributed by atoms with Crippen molar-refractivity contribution in [3.05, 3.63) is 30.5 Å². The molecule has 1 saturated heterocycles. The molecule has 1 aromatic heterocycles. The molecule has 1 atom stereocenters. The highest BCUT2D eigenvalue weighted by atomic mass is 35.5. The van der Waals surface area contributed by atoms with Crippen molar-refractivity contribution in [1.82, 2.24) is 14.7 Å². The van der Waals surface area contributed by atoms with E-state index in [4.69, 9.17) is 5.73 Å². The number of aromatic nitrogens is 2. The standard InChI is InChI=1S/C15H20N4O.ClH/c1-15(10-16)6-7-18(11-15)14(20)9-19-8-12-4-2-3-5-13(12)17-19;/h2-5,8H,6-7,9-11,16H2,1H3;1H. The van der Waals surface area contributed by atoms with Gasteiger partial charge in [-0.1, -0.05) is 25.1 Å².